The zero-order chi connectivity index (χ0) is 34.3. The van der Waals surface area contributed by atoms with Gasteiger partial charge in [0.1, 0.15) is 12.6 Å². The minimum absolute atomic E-state index is 0.0322. The molecule has 262 valence electrons. The highest BCUT2D eigenvalue weighted by Crippen LogP contribution is 2.34. The number of carbonyl (C=O) groups is 3. The molecule has 3 fully saturated rings. The molecule has 0 radical (unpaired) electrons. The van der Waals surface area contributed by atoms with E-state index in [0.29, 0.717) is 19.4 Å². The lowest BCUT2D eigenvalue weighted by atomic mass is 9.95. The van der Waals surface area contributed by atoms with Crippen molar-refractivity contribution in [3.05, 3.63) is 78.0 Å². The van der Waals surface area contributed by atoms with E-state index in [0.717, 1.165) is 67.5 Å². The molecule has 11 heteroatoms. The lowest BCUT2D eigenvalue weighted by Gasteiger charge is -2.54. The van der Waals surface area contributed by atoms with Crippen LogP contribution in [0.3, 0.4) is 0 Å². The molecule has 0 aliphatic carbocycles. The van der Waals surface area contributed by atoms with Crippen LogP contribution in [0.15, 0.2) is 66.7 Å². The Labute approximate surface area is 289 Å². The zero-order valence-corrected chi connectivity index (χ0v) is 29.0. The van der Waals surface area contributed by atoms with E-state index >= 15 is 0 Å². The van der Waals surface area contributed by atoms with E-state index in [1.165, 1.54) is 5.06 Å². The molecule has 1 N–H and O–H groups in total. The van der Waals surface area contributed by atoms with Crippen LogP contribution in [0, 0.1) is 5.92 Å². The zero-order valence-electron chi connectivity index (χ0n) is 29.0. The van der Waals surface area contributed by atoms with E-state index in [1.54, 1.807) is 4.90 Å². The fourth-order valence-electron chi connectivity index (χ4n) is 7.21. The van der Waals surface area contributed by atoms with E-state index in [4.69, 9.17) is 14.6 Å². The number of aromatic nitrogens is 1. The van der Waals surface area contributed by atoms with Gasteiger partial charge >= 0.3 is 6.09 Å². The van der Waals surface area contributed by atoms with Crippen molar-refractivity contribution in [2.45, 2.75) is 89.9 Å². The molecule has 3 saturated heterocycles. The van der Waals surface area contributed by atoms with Crippen molar-refractivity contribution in [2.24, 2.45) is 5.92 Å². The number of hydrogen-bond acceptors (Lipinski definition) is 8. The minimum atomic E-state index is -0.873. The van der Waals surface area contributed by atoms with Gasteiger partial charge in [0.2, 0.25) is 5.91 Å². The maximum absolute atomic E-state index is 14.4. The summed E-state index contributed by atoms with van der Waals surface area (Å²) in [6.45, 7) is 7.49. The van der Waals surface area contributed by atoms with Crippen LogP contribution in [0.4, 0.5) is 4.79 Å². The van der Waals surface area contributed by atoms with Crippen molar-refractivity contribution in [1.82, 2.24) is 30.1 Å². The fourth-order valence-corrected chi connectivity index (χ4v) is 7.21. The molecule has 3 aromatic rings. The number of hydrogen-bond donors (Lipinski definition) is 1. The summed E-state index contributed by atoms with van der Waals surface area (Å²) in [6, 6.07) is 21.1. The average Bonchev–Trinajstić information content (AvgIpc) is 3.11. The number of hydroxylamine groups is 2. The lowest BCUT2D eigenvalue weighted by molar-refractivity contribution is -0.270. The number of benzene rings is 2. The maximum Gasteiger partial charge on any atom is 0.436 e. The Balaban J connectivity index is 1.16. The number of fused-ring (bicyclic) bond motifs is 2. The topological polar surface area (TPSA) is 108 Å². The second kappa shape index (κ2) is 16.1. The van der Waals surface area contributed by atoms with E-state index < -0.39 is 24.4 Å². The van der Waals surface area contributed by atoms with Crippen LogP contribution in [0.5, 0.6) is 0 Å². The molecule has 1 aromatic heterocycles. The second-order valence-corrected chi connectivity index (χ2v) is 14.0. The SMILES string of the molecule is CC(C)C[C@H]1ON(C(=O)OCc2ccccc2)C2CN(C3CCN(C)CC3)C(=O)[C@H](CCCCNCc3ccc4ccccc4n3)N2C1=O. The average molecular weight is 671 g/mol. The van der Waals surface area contributed by atoms with Crippen molar-refractivity contribution in [3.8, 4) is 0 Å². The predicted molar refractivity (Wildman–Crippen MR) is 187 cm³/mol. The Morgan fingerprint density at radius 3 is 2.51 bits per heavy atom. The lowest BCUT2D eigenvalue weighted by Crippen LogP contribution is -2.74. The number of nitrogens with zero attached hydrogens (tertiary/aromatic N) is 5. The van der Waals surface area contributed by atoms with Crippen molar-refractivity contribution >= 4 is 28.8 Å². The number of para-hydroxylation sites is 1. The van der Waals surface area contributed by atoms with Crippen LogP contribution < -0.4 is 5.32 Å². The van der Waals surface area contributed by atoms with Gasteiger partial charge in [0.25, 0.3) is 5.91 Å². The van der Waals surface area contributed by atoms with Gasteiger partial charge in [-0.25, -0.2) is 4.79 Å². The molecular weight excluding hydrogens is 620 g/mol. The van der Waals surface area contributed by atoms with Crippen LogP contribution in [0.25, 0.3) is 10.9 Å². The summed E-state index contributed by atoms with van der Waals surface area (Å²) in [6.07, 6.45) is 1.89. The number of ether oxygens (including phenoxy) is 1. The van der Waals surface area contributed by atoms with Gasteiger partial charge in [0.05, 0.1) is 17.8 Å². The maximum atomic E-state index is 14.4. The summed E-state index contributed by atoms with van der Waals surface area (Å²) in [7, 11) is 2.09. The van der Waals surface area contributed by atoms with E-state index in [-0.39, 0.29) is 36.9 Å². The highest BCUT2D eigenvalue weighted by Gasteiger charge is 2.54. The van der Waals surface area contributed by atoms with Gasteiger partial charge < -0.3 is 24.8 Å². The Bertz CT molecular complexity index is 1580. The molecule has 3 amide bonds. The third-order valence-electron chi connectivity index (χ3n) is 9.87. The largest absolute Gasteiger partial charge is 0.443 e. The summed E-state index contributed by atoms with van der Waals surface area (Å²) in [5.41, 5.74) is 2.81. The summed E-state index contributed by atoms with van der Waals surface area (Å²) >= 11 is 0. The van der Waals surface area contributed by atoms with E-state index in [2.05, 4.69) is 29.4 Å². The standard InChI is InChI=1S/C38H50N6O5/c1-27(2)23-34-37(46)43-33(15-9-10-20-39-24-30-17-16-29-13-7-8-14-32(29)40-30)36(45)42(31-18-21-41(3)22-19-31)25-35(43)44(49-34)38(47)48-26-28-11-5-4-6-12-28/h4-8,11-14,16-17,27,31,33-35,39H,9-10,15,18-26H2,1-3H3/t33-,34+,35?/m0/s1. The van der Waals surface area contributed by atoms with Crippen LogP contribution >= 0.6 is 0 Å². The summed E-state index contributed by atoms with van der Waals surface area (Å²) in [4.78, 5) is 59.0. The number of nitrogens with one attached hydrogen (secondary N) is 1. The predicted octanol–water partition coefficient (Wildman–Crippen LogP) is 4.95. The van der Waals surface area contributed by atoms with Crippen LogP contribution in [0.1, 0.15) is 63.6 Å². The highest BCUT2D eigenvalue weighted by atomic mass is 16.7. The van der Waals surface area contributed by atoms with Crippen molar-refractivity contribution in [1.29, 1.82) is 0 Å². The number of carbonyl (C=O) groups excluding carboxylic acids is 3. The Morgan fingerprint density at radius 2 is 1.73 bits per heavy atom. The number of piperidine rings is 1. The molecule has 1 unspecified atom stereocenters. The van der Waals surface area contributed by atoms with Crippen molar-refractivity contribution in [2.75, 3.05) is 33.2 Å². The first kappa shape index (κ1) is 34.8. The van der Waals surface area contributed by atoms with Crippen molar-refractivity contribution < 1.29 is 24.0 Å². The molecule has 0 saturated carbocycles. The molecule has 11 nitrogen and oxygen atoms in total. The Morgan fingerprint density at radius 1 is 0.980 bits per heavy atom. The van der Waals surface area contributed by atoms with Gasteiger partial charge in [-0.05, 0) is 88.8 Å². The fraction of sp³-hybridized carbons (Fsp3) is 0.526. The number of unbranched alkanes of at least 4 members (excludes halogenated alkanes) is 1. The van der Waals surface area contributed by atoms with Crippen LogP contribution in [0.2, 0.25) is 0 Å². The number of rotatable bonds is 12. The van der Waals surface area contributed by atoms with Gasteiger partial charge in [-0.1, -0.05) is 68.4 Å². The third-order valence-corrected chi connectivity index (χ3v) is 9.87. The molecule has 3 atom stereocenters. The third kappa shape index (κ3) is 8.40. The molecule has 2 aromatic carbocycles. The minimum Gasteiger partial charge on any atom is -0.443 e. The summed E-state index contributed by atoms with van der Waals surface area (Å²) in [5.74, 6) is -0.117. The van der Waals surface area contributed by atoms with E-state index in [1.807, 2.05) is 73.3 Å². The molecule has 3 aliphatic heterocycles. The van der Waals surface area contributed by atoms with Gasteiger partial charge in [-0.15, -0.1) is 0 Å². The number of likely N-dealkylation sites (tertiary alicyclic amines) is 1. The Hall–Kier alpha value is -4.06. The number of piperazine rings is 1. The summed E-state index contributed by atoms with van der Waals surface area (Å²) in [5, 5.41) is 5.86. The number of amides is 3. The first-order valence-electron chi connectivity index (χ1n) is 17.8. The first-order chi connectivity index (χ1) is 23.8. The molecular formula is C38H50N6O5. The summed E-state index contributed by atoms with van der Waals surface area (Å²) < 4.78 is 5.75. The number of pyridine rings is 1. The monoisotopic (exact) mass is 670 g/mol. The normalized spacial score (nSPS) is 22.2. The molecule has 6 rings (SSSR count). The van der Waals surface area contributed by atoms with Gasteiger partial charge in [-0.2, -0.15) is 5.06 Å². The Kier molecular flexibility index (Phi) is 11.4. The highest BCUT2D eigenvalue weighted by molar-refractivity contribution is 5.92. The molecule has 49 heavy (non-hydrogen) atoms. The smallest absolute Gasteiger partial charge is 0.436 e. The van der Waals surface area contributed by atoms with Crippen LogP contribution in [-0.4, -0.2) is 100 Å². The van der Waals surface area contributed by atoms with Gasteiger partial charge in [-0.3, -0.25) is 19.4 Å². The molecule has 0 spiro atoms. The van der Waals surface area contributed by atoms with Gasteiger partial charge in [0, 0.05) is 18.0 Å². The second-order valence-electron chi connectivity index (χ2n) is 14.0. The molecule has 0 bridgehead atoms. The first-order valence-corrected chi connectivity index (χ1v) is 17.8. The molecule has 4 heterocycles. The van der Waals surface area contributed by atoms with Crippen LogP contribution in [-0.2, 0) is 32.3 Å². The molecule has 3 aliphatic rings. The quantitative estimate of drug-likeness (QED) is 0.270. The van der Waals surface area contributed by atoms with Crippen molar-refractivity contribution in [3.63, 3.8) is 0 Å². The van der Waals surface area contributed by atoms with Gasteiger partial charge in [0.15, 0.2) is 12.3 Å². The van der Waals surface area contributed by atoms with E-state index in [9.17, 15) is 14.4 Å².